The fourth-order valence-electron chi connectivity index (χ4n) is 2.42. The maximum atomic E-state index is 12.1. The number of halogens is 1. The van der Waals surface area contributed by atoms with Crippen LogP contribution in [0.4, 0.5) is 5.69 Å². The highest BCUT2D eigenvalue weighted by molar-refractivity contribution is 6.30. The number of hydrogen-bond acceptors (Lipinski definition) is 3. The molecule has 128 valence electrons. The van der Waals surface area contributed by atoms with Crippen LogP contribution >= 0.6 is 11.6 Å². The Bertz CT molecular complexity index is 838. The number of nitrogens with one attached hydrogen (secondary N) is 1. The van der Waals surface area contributed by atoms with Gasteiger partial charge >= 0.3 is 0 Å². The first-order chi connectivity index (χ1) is 12.1. The average molecular weight is 356 g/mol. The molecule has 3 rings (SSSR count). The lowest BCUT2D eigenvalue weighted by atomic mass is 10.2. The standard InChI is InChI=1S/C20H18ClNO3/c1-24-17-8-6-16(7-9-17)22-20(23)13-11-18-10-12-19(25-18)14-2-4-15(21)5-3-14/h2-10,12H,11,13H2,1H3,(H,22,23). The molecule has 0 unspecified atom stereocenters. The molecule has 0 spiro atoms. The third kappa shape index (κ3) is 4.64. The van der Waals surface area contributed by atoms with Crippen molar-refractivity contribution >= 4 is 23.2 Å². The molecule has 0 bridgehead atoms. The molecule has 1 N–H and O–H groups in total. The van der Waals surface area contributed by atoms with Crippen LogP contribution in [0.2, 0.25) is 5.02 Å². The highest BCUT2D eigenvalue weighted by Crippen LogP contribution is 2.24. The first-order valence-corrected chi connectivity index (χ1v) is 8.30. The van der Waals surface area contributed by atoms with Crippen molar-refractivity contribution in [2.45, 2.75) is 12.8 Å². The van der Waals surface area contributed by atoms with E-state index in [2.05, 4.69) is 5.32 Å². The Morgan fingerprint density at radius 2 is 1.76 bits per heavy atom. The highest BCUT2D eigenvalue weighted by atomic mass is 35.5. The summed E-state index contributed by atoms with van der Waals surface area (Å²) >= 11 is 5.89. The second-order valence-corrected chi connectivity index (χ2v) is 5.99. The molecule has 0 aliphatic heterocycles. The Balaban J connectivity index is 1.54. The van der Waals surface area contributed by atoms with Crippen LogP contribution in [0.25, 0.3) is 11.3 Å². The van der Waals surface area contributed by atoms with Gasteiger partial charge in [0.05, 0.1) is 7.11 Å². The third-order valence-electron chi connectivity index (χ3n) is 3.76. The van der Waals surface area contributed by atoms with Crippen LogP contribution in [0.5, 0.6) is 5.75 Å². The normalized spacial score (nSPS) is 10.5. The van der Waals surface area contributed by atoms with E-state index in [4.69, 9.17) is 20.8 Å². The van der Waals surface area contributed by atoms with Gasteiger partial charge in [-0.15, -0.1) is 0 Å². The summed E-state index contributed by atoms with van der Waals surface area (Å²) in [5.41, 5.74) is 1.70. The van der Waals surface area contributed by atoms with Crippen LogP contribution in [0.3, 0.4) is 0 Å². The molecule has 25 heavy (non-hydrogen) atoms. The largest absolute Gasteiger partial charge is 0.497 e. The van der Waals surface area contributed by atoms with Gasteiger partial charge < -0.3 is 14.5 Å². The second kappa shape index (κ2) is 7.90. The highest BCUT2D eigenvalue weighted by Gasteiger charge is 2.08. The van der Waals surface area contributed by atoms with E-state index < -0.39 is 0 Å². The van der Waals surface area contributed by atoms with E-state index in [0.29, 0.717) is 17.9 Å². The number of benzene rings is 2. The number of rotatable bonds is 6. The predicted octanol–water partition coefficient (Wildman–Crippen LogP) is 5.18. The van der Waals surface area contributed by atoms with Gasteiger partial charge in [0.1, 0.15) is 17.3 Å². The van der Waals surface area contributed by atoms with Crippen molar-refractivity contribution in [3.8, 4) is 17.1 Å². The first kappa shape index (κ1) is 17.1. The lowest BCUT2D eigenvalue weighted by Gasteiger charge is -2.05. The van der Waals surface area contributed by atoms with Crippen LogP contribution < -0.4 is 10.1 Å². The molecule has 2 aromatic carbocycles. The first-order valence-electron chi connectivity index (χ1n) is 7.92. The van der Waals surface area contributed by atoms with Crippen molar-refractivity contribution in [3.05, 3.63) is 71.4 Å². The number of amides is 1. The van der Waals surface area contributed by atoms with Gasteiger partial charge in [-0.05, 0) is 60.7 Å². The van der Waals surface area contributed by atoms with Gasteiger partial charge in [-0.1, -0.05) is 11.6 Å². The minimum atomic E-state index is -0.0605. The molecule has 1 aromatic heterocycles. The van der Waals surface area contributed by atoms with Crippen LogP contribution in [0.1, 0.15) is 12.2 Å². The SMILES string of the molecule is COc1ccc(NC(=O)CCc2ccc(-c3ccc(Cl)cc3)o2)cc1. The van der Waals surface area contributed by atoms with E-state index in [1.54, 1.807) is 19.2 Å². The smallest absolute Gasteiger partial charge is 0.224 e. The van der Waals surface area contributed by atoms with Crippen LogP contribution in [-0.2, 0) is 11.2 Å². The fraction of sp³-hybridized carbons (Fsp3) is 0.150. The zero-order valence-corrected chi connectivity index (χ0v) is 14.5. The quantitative estimate of drug-likeness (QED) is 0.662. The monoisotopic (exact) mass is 355 g/mol. The molecule has 0 saturated carbocycles. The second-order valence-electron chi connectivity index (χ2n) is 5.55. The number of carbonyl (C=O) groups is 1. The molecule has 5 heteroatoms. The average Bonchev–Trinajstić information content (AvgIpc) is 3.10. The van der Waals surface area contributed by atoms with E-state index >= 15 is 0 Å². The lowest BCUT2D eigenvalue weighted by molar-refractivity contribution is -0.116. The number of carbonyl (C=O) groups excluding carboxylic acids is 1. The van der Waals surface area contributed by atoms with E-state index in [9.17, 15) is 4.79 Å². The molecule has 0 atom stereocenters. The van der Waals surface area contributed by atoms with Crippen molar-refractivity contribution in [2.75, 3.05) is 12.4 Å². The fourth-order valence-corrected chi connectivity index (χ4v) is 2.54. The van der Waals surface area contributed by atoms with Gasteiger partial charge in [-0.3, -0.25) is 4.79 Å². The van der Waals surface area contributed by atoms with Crippen molar-refractivity contribution in [1.29, 1.82) is 0 Å². The summed E-state index contributed by atoms with van der Waals surface area (Å²) in [5, 5.41) is 3.54. The molecule has 0 radical (unpaired) electrons. The Hall–Kier alpha value is -2.72. The van der Waals surface area contributed by atoms with E-state index in [0.717, 1.165) is 28.5 Å². The van der Waals surface area contributed by atoms with Gasteiger partial charge in [-0.2, -0.15) is 0 Å². The molecular formula is C20H18ClNO3. The zero-order chi connectivity index (χ0) is 17.6. The summed E-state index contributed by atoms with van der Waals surface area (Å²) in [7, 11) is 1.61. The van der Waals surface area contributed by atoms with Crippen LogP contribution in [0.15, 0.2) is 65.1 Å². The van der Waals surface area contributed by atoms with Crippen LogP contribution in [-0.4, -0.2) is 13.0 Å². The molecule has 0 fully saturated rings. The minimum absolute atomic E-state index is 0.0605. The Labute approximate surface area is 151 Å². The molecule has 0 aliphatic rings. The van der Waals surface area contributed by atoms with Gasteiger partial charge in [0.15, 0.2) is 0 Å². The van der Waals surface area contributed by atoms with Gasteiger partial charge in [0, 0.05) is 29.1 Å². The summed E-state index contributed by atoms with van der Waals surface area (Å²) in [6.45, 7) is 0. The number of aryl methyl sites for hydroxylation is 1. The van der Waals surface area contributed by atoms with E-state index in [-0.39, 0.29) is 5.91 Å². The zero-order valence-electron chi connectivity index (χ0n) is 13.8. The summed E-state index contributed by atoms with van der Waals surface area (Å²) in [6, 6.07) is 18.5. The Morgan fingerprint density at radius 1 is 1.04 bits per heavy atom. The molecule has 4 nitrogen and oxygen atoms in total. The van der Waals surface area contributed by atoms with Gasteiger partial charge in [-0.25, -0.2) is 0 Å². The summed E-state index contributed by atoms with van der Waals surface area (Å²) in [6.07, 6.45) is 0.884. The van der Waals surface area contributed by atoms with Gasteiger partial charge in [0.25, 0.3) is 0 Å². The van der Waals surface area contributed by atoms with E-state index in [1.807, 2.05) is 48.5 Å². The minimum Gasteiger partial charge on any atom is -0.497 e. The Kier molecular flexibility index (Phi) is 5.41. The van der Waals surface area contributed by atoms with Crippen molar-refractivity contribution in [2.24, 2.45) is 0 Å². The van der Waals surface area contributed by atoms with E-state index in [1.165, 1.54) is 0 Å². The number of furan rings is 1. The molecule has 1 heterocycles. The number of methoxy groups -OCH3 is 1. The maximum Gasteiger partial charge on any atom is 0.224 e. The predicted molar refractivity (Wildman–Crippen MR) is 99.1 cm³/mol. The lowest BCUT2D eigenvalue weighted by Crippen LogP contribution is -2.12. The molecule has 0 saturated heterocycles. The third-order valence-corrected chi connectivity index (χ3v) is 4.01. The Morgan fingerprint density at radius 3 is 2.44 bits per heavy atom. The topological polar surface area (TPSA) is 51.5 Å². The number of ether oxygens (including phenoxy) is 1. The van der Waals surface area contributed by atoms with Crippen molar-refractivity contribution in [1.82, 2.24) is 0 Å². The maximum absolute atomic E-state index is 12.1. The summed E-state index contributed by atoms with van der Waals surface area (Å²) in [4.78, 5) is 12.1. The van der Waals surface area contributed by atoms with Crippen molar-refractivity contribution < 1.29 is 13.9 Å². The molecule has 3 aromatic rings. The van der Waals surface area contributed by atoms with Crippen molar-refractivity contribution in [3.63, 3.8) is 0 Å². The molecule has 1 amide bonds. The number of anilines is 1. The summed E-state index contributed by atoms with van der Waals surface area (Å²) in [5.74, 6) is 2.23. The molecular weight excluding hydrogens is 338 g/mol. The number of hydrogen-bond donors (Lipinski definition) is 1. The van der Waals surface area contributed by atoms with Gasteiger partial charge in [0.2, 0.25) is 5.91 Å². The molecule has 0 aliphatic carbocycles. The van der Waals surface area contributed by atoms with Crippen LogP contribution in [0, 0.1) is 0 Å². The summed E-state index contributed by atoms with van der Waals surface area (Å²) < 4.78 is 10.9.